The molecule has 3 atom stereocenters. The van der Waals surface area contributed by atoms with Gasteiger partial charge < -0.3 is 15.4 Å². The van der Waals surface area contributed by atoms with Gasteiger partial charge in [-0.1, -0.05) is 17.7 Å². The summed E-state index contributed by atoms with van der Waals surface area (Å²) in [5.41, 5.74) is 4.68. The van der Waals surface area contributed by atoms with E-state index in [1.807, 2.05) is 11.0 Å². The van der Waals surface area contributed by atoms with Gasteiger partial charge in [0.25, 0.3) is 10.2 Å². The number of ether oxygens (including phenoxy) is 1. The molecule has 4 aliphatic heterocycles. The van der Waals surface area contributed by atoms with Gasteiger partial charge in [0, 0.05) is 48.9 Å². The molecule has 0 bridgehead atoms. The maximum atomic E-state index is 17.0. The zero-order valence-corrected chi connectivity index (χ0v) is 27.8. The lowest BCUT2D eigenvalue weighted by Gasteiger charge is -2.40. The standard InChI is InChI=1S/C31H30ClF3N8O3S2/c32-20-9-18-25(24(35)23(20)17-3-4-21(34)26-22(17)19(11-36)27(37)47-26)39-29(46-15-31-6-2-8-43(31)12-16(33)10-31)40-28(18)42-7-1-5-30(14-42)13-38-48(44,45)41-30/h3-4,9,16,38,41H,1-2,5-8,10,12-15,37H2/t16-,30+,31+/m1/s1. The summed E-state index contributed by atoms with van der Waals surface area (Å²) in [6, 6.07) is 5.93. The van der Waals surface area contributed by atoms with Crippen molar-refractivity contribution in [3.8, 4) is 23.2 Å². The van der Waals surface area contributed by atoms with Gasteiger partial charge in [-0.15, -0.1) is 11.3 Å². The Morgan fingerprint density at radius 1 is 1.23 bits per heavy atom. The molecular formula is C31H30ClF3N8O3S2. The van der Waals surface area contributed by atoms with E-state index in [0.29, 0.717) is 38.2 Å². The fraction of sp³-hybridized carbons (Fsp3) is 0.452. The van der Waals surface area contributed by atoms with Gasteiger partial charge in [-0.05, 0) is 49.9 Å². The molecule has 4 fully saturated rings. The zero-order valence-electron chi connectivity index (χ0n) is 25.5. The number of nitrogen functional groups attached to an aromatic ring is 1. The minimum atomic E-state index is -3.68. The normalized spacial score (nSPS) is 26.9. The van der Waals surface area contributed by atoms with Crippen LogP contribution in [-0.4, -0.2) is 79.9 Å². The van der Waals surface area contributed by atoms with Gasteiger partial charge in [-0.2, -0.15) is 28.4 Å². The predicted octanol–water partition coefficient (Wildman–Crippen LogP) is 4.63. The van der Waals surface area contributed by atoms with E-state index < -0.39 is 39.1 Å². The fourth-order valence-electron chi connectivity index (χ4n) is 8.00. The number of nitrogens with two attached hydrogens (primary N) is 1. The van der Waals surface area contributed by atoms with Crippen molar-refractivity contribution in [2.45, 2.75) is 49.4 Å². The number of fused-ring (bicyclic) bond motifs is 3. The van der Waals surface area contributed by atoms with Crippen molar-refractivity contribution in [1.82, 2.24) is 24.3 Å². The number of thiophene rings is 1. The van der Waals surface area contributed by atoms with Crippen molar-refractivity contribution in [1.29, 1.82) is 5.26 Å². The summed E-state index contributed by atoms with van der Waals surface area (Å²) in [7, 11) is -3.68. The lowest BCUT2D eigenvalue weighted by Crippen LogP contribution is -2.56. The minimum Gasteiger partial charge on any atom is -0.461 e. The van der Waals surface area contributed by atoms with Crippen LogP contribution in [0.1, 0.15) is 37.7 Å². The van der Waals surface area contributed by atoms with Crippen molar-refractivity contribution in [3.63, 3.8) is 0 Å². The van der Waals surface area contributed by atoms with Crippen molar-refractivity contribution < 1.29 is 26.3 Å². The first kappa shape index (κ1) is 31.8. The van der Waals surface area contributed by atoms with Gasteiger partial charge in [0.2, 0.25) is 0 Å². The topological polar surface area (TPSA) is 150 Å². The van der Waals surface area contributed by atoms with Crippen LogP contribution in [0.4, 0.5) is 24.0 Å². The molecule has 0 unspecified atom stereocenters. The quantitative estimate of drug-likeness (QED) is 0.269. The molecule has 2 aromatic carbocycles. The molecule has 4 N–H and O–H groups in total. The van der Waals surface area contributed by atoms with Gasteiger partial charge in [0.15, 0.2) is 5.82 Å². The summed E-state index contributed by atoms with van der Waals surface area (Å²) in [4.78, 5) is 13.2. The molecular weight excluding hydrogens is 689 g/mol. The van der Waals surface area contributed by atoms with Gasteiger partial charge in [-0.3, -0.25) is 4.90 Å². The fourth-order valence-corrected chi connectivity index (χ4v) is 10.6. The number of rotatable bonds is 5. The number of nitrogens with one attached hydrogen (secondary N) is 2. The molecule has 252 valence electrons. The average molecular weight is 719 g/mol. The summed E-state index contributed by atoms with van der Waals surface area (Å²) in [6.07, 6.45) is 2.18. The Balaban J connectivity index is 1.28. The van der Waals surface area contributed by atoms with Gasteiger partial charge in [-0.25, -0.2) is 17.9 Å². The van der Waals surface area contributed by atoms with Crippen molar-refractivity contribution in [2.75, 3.05) is 50.0 Å². The number of hydrogen-bond donors (Lipinski definition) is 3. The lowest BCUT2D eigenvalue weighted by molar-refractivity contribution is 0.107. The number of anilines is 2. The Kier molecular flexibility index (Phi) is 7.48. The Morgan fingerprint density at radius 2 is 2.04 bits per heavy atom. The summed E-state index contributed by atoms with van der Waals surface area (Å²) in [5, 5.41) is 10.3. The Morgan fingerprint density at radius 3 is 2.81 bits per heavy atom. The number of aromatic nitrogens is 2. The average Bonchev–Trinajstić information content (AvgIpc) is 3.76. The number of benzene rings is 2. The molecule has 6 heterocycles. The molecule has 48 heavy (non-hydrogen) atoms. The predicted molar refractivity (Wildman–Crippen MR) is 177 cm³/mol. The van der Waals surface area contributed by atoms with Crippen molar-refractivity contribution in [2.24, 2.45) is 0 Å². The molecule has 0 amide bonds. The second-order valence-corrected chi connectivity index (χ2v) is 16.1. The Hall–Kier alpha value is -3.46. The van der Waals surface area contributed by atoms with Crippen LogP contribution in [-0.2, 0) is 10.2 Å². The second-order valence-electron chi connectivity index (χ2n) is 13.1. The van der Waals surface area contributed by atoms with Crippen LogP contribution in [0.15, 0.2) is 18.2 Å². The number of piperidine rings is 1. The van der Waals surface area contributed by atoms with Gasteiger partial charge >= 0.3 is 6.01 Å². The van der Waals surface area contributed by atoms with Crippen LogP contribution in [0.25, 0.3) is 32.1 Å². The maximum Gasteiger partial charge on any atom is 0.319 e. The summed E-state index contributed by atoms with van der Waals surface area (Å²) in [5.74, 6) is -1.15. The van der Waals surface area contributed by atoms with Crippen LogP contribution in [0.3, 0.4) is 0 Å². The van der Waals surface area contributed by atoms with Crippen molar-refractivity contribution in [3.05, 3.63) is 40.4 Å². The highest BCUT2D eigenvalue weighted by molar-refractivity contribution is 7.87. The van der Waals surface area contributed by atoms with Crippen LogP contribution < -0.4 is 24.8 Å². The SMILES string of the molecule is N#Cc1c(N)sc2c(F)ccc(-c3c(Cl)cc4c(N5CCC[C@]6(CNS(=O)(=O)N6)C5)nc(OC[C@@]56CCCN5C[C@H](F)C6)nc4c3F)c12. The Bertz CT molecular complexity index is 2160. The Labute approximate surface area is 283 Å². The summed E-state index contributed by atoms with van der Waals surface area (Å²) in [6.45, 7) is 2.07. The number of nitriles is 1. The van der Waals surface area contributed by atoms with E-state index in [0.717, 1.165) is 30.7 Å². The van der Waals surface area contributed by atoms with E-state index >= 15 is 4.39 Å². The first-order chi connectivity index (χ1) is 22.9. The zero-order chi connectivity index (χ0) is 33.6. The second kappa shape index (κ2) is 11.3. The first-order valence-electron chi connectivity index (χ1n) is 15.6. The van der Waals surface area contributed by atoms with E-state index in [1.165, 1.54) is 18.2 Å². The lowest BCUT2D eigenvalue weighted by atomic mass is 9.90. The molecule has 0 saturated carbocycles. The molecule has 8 rings (SSSR count). The highest BCUT2D eigenvalue weighted by Gasteiger charge is 2.50. The molecule has 17 heteroatoms. The van der Waals surface area contributed by atoms with E-state index in [2.05, 4.69) is 19.3 Å². The molecule has 4 aromatic rings. The molecule has 4 aliphatic rings. The number of halogens is 4. The highest BCUT2D eigenvalue weighted by Crippen LogP contribution is 2.46. The first-order valence-corrected chi connectivity index (χ1v) is 18.3. The highest BCUT2D eigenvalue weighted by atomic mass is 35.5. The molecule has 0 aliphatic carbocycles. The van der Waals surface area contributed by atoms with Crippen LogP contribution in [0, 0.1) is 23.0 Å². The maximum absolute atomic E-state index is 17.0. The third-order valence-electron chi connectivity index (χ3n) is 10.1. The van der Waals surface area contributed by atoms with Crippen molar-refractivity contribution >= 4 is 65.0 Å². The third kappa shape index (κ3) is 5.05. The molecule has 0 radical (unpaired) electrons. The summed E-state index contributed by atoms with van der Waals surface area (Å²) < 4.78 is 82.6. The number of nitrogens with zero attached hydrogens (tertiary/aromatic N) is 5. The molecule has 11 nitrogen and oxygen atoms in total. The van der Waals surface area contributed by atoms with E-state index in [-0.39, 0.29) is 73.4 Å². The van der Waals surface area contributed by atoms with Gasteiger partial charge in [0.1, 0.15) is 41.0 Å². The van der Waals surface area contributed by atoms with E-state index in [1.54, 1.807) is 0 Å². The molecule has 2 aromatic heterocycles. The van der Waals surface area contributed by atoms with Crippen LogP contribution >= 0.6 is 22.9 Å². The minimum absolute atomic E-state index is 0.0156. The molecule has 1 spiro atoms. The number of alkyl halides is 1. The molecule has 4 saturated heterocycles. The van der Waals surface area contributed by atoms with E-state index in [9.17, 15) is 22.5 Å². The third-order valence-corrected chi connectivity index (χ3v) is 12.7. The van der Waals surface area contributed by atoms with E-state index in [4.69, 9.17) is 27.1 Å². The smallest absolute Gasteiger partial charge is 0.319 e. The van der Waals surface area contributed by atoms with Crippen LogP contribution in [0.2, 0.25) is 5.02 Å². The largest absolute Gasteiger partial charge is 0.461 e. The monoisotopic (exact) mass is 718 g/mol. The van der Waals surface area contributed by atoms with Gasteiger partial charge in [0.05, 0.1) is 26.4 Å². The summed E-state index contributed by atoms with van der Waals surface area (Å²) >= 11 is 7.71. The van der Waals surface area contributed by atoms with Crippen LogP contribution in [0.5, 0.6) is 6.01 Å². The number of hydrogen-bond acceptors (Lipinski definition) is 10.